The molecule has 2 N–H and O–H groups in total. The second kappa shape index (κ2) is 6.67. The summed E-state index contributed by atoms with van der Waals surface area (Å²) >= 11 is 18.0. The van der Waals surface area contributed by atoms with Crippen molar-refractivity contribution in [1.82, 2.24) is 0 Å². The molecule has 0 aliphatic heterocycles. The molecule has 0 saturated carbocycles. The minimum atomic E-state index is 0.141. The lowest BCUT2D eigenvalue weighted by Gasteiger charge is -2.07. The number of anilines is 1. The van der Waals surface area contributed by atoms with Gasteiger partial charge < -0.3 is 5.11 Å². The van der Waals surface area contributed by atoms with Gasteiger partial charge in [-0.1, -0.05) is 65.1 Å². The van der Waals surface area contributed by atoms with Gasteiger partial charge in [-0.25, -0.2) is 0 Å². The molecule has 0 amide bonds. The smallest absolute Gasteiger partial charge is 0.125 e. The zero-order valence-electron chi connectivity index (χ0n) is 11.7. The SMILES string of the molecule is Oc1ccc2ccccc2c1/C=N\Nc1c(Cl)cc(Cl)cc1Cl. The van der Waals surface area contributed by atoms with E-state index in [9.17, 15) is 5.11 Å². The Labute approximate surface area is 148 Å². The van der Waals surface area contributed by atoms with Gasteiger partial charge in [-0.05, 0) is 29.0 Å². The largest absolute Gasteiger partial charge is 0.507 e. The Kier molecular flexibility index (Phi) is 4.62. The van der Waals surface area contributed by atoms with E-state index in [2.05, 4.69) is 10.5 Å². The predicted molar refractivity (Wildman–Crippen MR) is 98.3 cm³/mol. The van der Waals surface area contributed by atoms with Crippen molar-refractivity contribution in [3.8, 4) is 5.75 Å². The van der Waals surface area contributed by atoms with Crippen molar-refractivity contribution in [1.29, 1.82) is 0 Å². The molecule has 0 fully saturated rings. The number of hydrogen-bond acceptors (Lipinski definition) is 3. The van der Waals surface area contributed by atoms with Gasteiger partial charge in [0.15, 0.2) is 0 Å². The van der Waals surface area contributed by atoms with Gasteiger partial charge in [-0.3, -0.25) is 5.43 Å². The zero-order chi connectivity index (χ0) is 16.4. The number of phenolic OH excluding ortho intramolecular Hbond substituents is 1. The first-order valence-corrected chi connectivity index (χ1v) is 7.84. The van der Waals surface area contributed by atoms with Gasteiger partial charge in [0, 0.05) is 10.6 Å². The minimum Gasteiger partial charge on any atom is -0.507 e. The van der Waals surface area contributed by atoms with Crippen LogP contribution < -0.4 is 5.43 Å². The van der Waals surface area contributed by atoms with Crippen molar-refractivity contribution in [2.24, 2.45) is 5.10 Å². The quantitative estimate of drug-likeness (QED) is 0.445. The van der Waals surface area contributed by atoms with E-state index in [4.69, 9.17) is 34.8 Å². The first-order valence-electron chi connectivity index (χ1n) is 6.70. The maximum atomic E-state index is 10.1. The highest BCUT2D eigenvalue weighted by Crippen LogP contribution is 2.33. The van der Waals surface area contributed by atoms with Crippen LogP contribution in [0.15, 0.2) is 53.6 Å². The maximum Gasteiger partial charge on any atom is 0.125 e. The summed E-state index contributed by atoms with van der Waals surface area (Å²) in [6.45, 7) is 0. The average molecular weight is 366 g/mol. The Morgan fingerprint density at radius 3 is 2.39 bits per heavy atom. The lowest BCUT2D eigenvalue weighted by molar-refractivity contribution is 0.475. The Bertz CT molecular complexity index is 886. The standard InChI is InChI=1S/C17H11Cl3N2O/c18-11-7-14(19)17(15(20)8-11)22-21-9-13-12-4-2-1-3-10(12)5-6-16(13)23/h1-9,22-23H/b21-9-. The molecule has 0 spiro atoms. The Morgan fingerprint density at radius 2 is 1.65 bits per heavy atom. The number of hydrogen-bond donors (Lipinski definition) is 2. The molecule has 0 aliphatic rings. The molecule has 0 heterocycles. The fourth-order valence-corrected chi connectivity index (χ4v) is 3.13. The zero-order valence-corrected chi connectivity index (χ0v) is 14.0. The average Bonchev–Trinajstić information content (AvgIpc) is 2.51. The summed E-state index contributed by atoms with van der Waals surface area (Å²) in [5.74, 6) is 0.141. The van der Waals surface area contributed by atoms with E-state index in [1.165, 1.54) is 6.21 Å². The number of rotatable bonds is 3. The van der Waals surface area contributed by atoms with E-state index >= 15 is 0 Å². The molecule has 0 saturated heterocycles. The molecule has 116 valence electrons. The van der Waals surface area contributed by atoms with E-state index in [1.807, 2.05) is 30.3 Å². The fraction of sp³-hybridized carbons (Fsp3) is 0. The summed E-state index contributed by atoms with van der Waals surface area (Å²) in [7, 11) is 0. The van der Waals surface area contributed by atoms with Crippen molar-refractivity contribution < 1.29 is 5.11 Å². The molecular formula is C17H11Cl3N2O. The summed E-state index contributed by atoms with van der Waals surface area (Å²) in [4.78, 5) is 0. The highest BCUT2D eigenvalue weighted by Gasteiger charge is 2.07. The molecule has 6 heteroatoms. The van der Waals surface area contributed by atoms with E-state index in [1.54, 1.807) is 18.2 Å². The van der Waals surface area contributed by atoms with Crippen LogP contribution in [0.3, 0.4) is 0 Å². The lowest BCUT2D eigenvalue weighted by atomic mass is 10.0. The first kappa shape index (κ1) is 15.9. The second-order valence-electron chi connectivity index (χ2n) is 4.83. The van der Waals surface area contributed by atoms with Gasteiger partial charge >= 0.3 is 0 Å². The molecule has 0 unspecified atom stereocenters. The van der Waals surface area contributed by atoms with Gasteiger partial charge in [0.2, 0.25) is 0 Å². The molecular weight excluding hydrogens is 355 g/mol. The summed E-state index contributed by atoms with van der Waals surface area (Å²) in [5.41, 5.74) is 3.85. The summed E-state index contributed by atoms with van der Waals surface area (Å²) in [6, 6.07) is 14.3. The molecule has 3 aromatic rings. The Balaban J connectivity index is 1.94. The second-order valence-corrected chi connectivity index (χ2v) is 6.08. The number of fused-ring (bicyclic) bond motifs is 1. The van der Waals surface area contributed by atoms with E-state index in [0.717, 1.165) is 10.8 Å². The summed E-state index contributed by atoms with van der Waals surface area (Å²) in [5, 5.41) is 17.3. The lowest BCUT2D eigenvalue weighted by Crippen LogP contribution is -1.94. The van der Waals surface area contributed by atoms with Crippen LogP contribution in [0.2, 0.25) is 15.1 Å². The van der Waals surface area contributed by atoms with Crippen LogP contribution >= 0.6 is 34.8 Å². The monoisotopic (exact) mass is 364 g/mol. The molecule has 0 aliphatic carbocycles. The van der Waals surface area contributed by atoms with Crippen LogP contribution in [0.5, 0.6) is 5.75 Å². The fourth-order valence-electron chi connectivity index (χ4n) is 2.23. The normalized spacial score (nSPS) is 11.3. The Hall–Kier alpha value is -1.94. The van der Waals surface area contributed by atoms with E-state index < -0.39 is 0 Å². The van der Waals surface area contributed by atoms with E-state index in [-0.39, 0.29) is 5.75 Å². The minimum absolute atomic E-state index is 0.141. The maximum absolute atomic E-state index is 10.1. The molecule has 0 aromatic heterocycles. The number of hydrazone groups is 1. The van der Waals surface area contributed by atoms with Gasteiger partial charge in [-0.2, -0.15) is 5.10 Å². The summed E-state index contributed by atoms with van der Waals surface area (Å²) in [6.07, 6.45) is 1.53. The molecule has 3 nitrogen and oxygen atoms in total. The number of nitrogens with one attached hydrogen (secondary N) is 1. The van der Waals surface area contributed by atoms with Crippen LogP contribution in [0, 0.1) is 0 Å². The third kappa shape index (κ3) is 3.37. The highest BCUT2D eigenvalue weighted by atomic mass is 35.5. The van der Waals surface area contributed by atoms with Crippen LogP contribution in [0.1, 0.15) is 5.56 Å². The number of benzene rings is 3. The molecule has 3 aromatic carbocycles. The van der Waals surface area contributed by atoms with Crippen molar-refractivity contribution in [2.75, 3.05) is 5.43 Å². The third-order valence-corrected chi connectivity index (χ3v) is 4.14. The van der Waals surface area contributed by atoms with Crippen molar-refractivity contribution in [3.63, 3.8) is 0 Å². The molecule has 3 rings (SSSR count). The van der Waals surface area contributed by atoms with Crippen molar-refractivity contribution in [3.05, 3.63) is 69.2 Å². The van der Waals surface area contributed by atoms with Gasteiger partial charge in [0.25, 0.3) is 0 Å². The number of nitrogens with zero attached hydrogens (tertiary/aromatic N) is 1. The van der Waals surface area contributed by atoms with Crippen LogP contribution in [-0.4, -0.2) is 11.3 Å². The highest BCUT2D eigenvalue weighted by molar-refractivity contribution is 6.41. The molecule has 0 radical (unpaired) electrons. The number of halogens is 3. The van der Waals surface area contributed by atoms with Gasteiger partial charge in [0.1, 0.15) is 5.75 Å². The number of aromatic hydroxyl groups is 1. The van der Waals surface area contributed by atoms with Gasteiger partial charge in [-0.15, -0.1) is 0 Å². The molecule has 0 bridgehead atoms. The van der Waals surface area contributed by atoms with Gasteiger partial charge in [0.05, 0.1) is 21.9 Å². The van der Waals surface area contributed by atoms with Crippen molar-refractivity contribution >= 4 is 57.5 Å². The topological polar surface area (TPSA) is 44.6 Å². The van der Waals surface area contributed by atoms with E-state index in [0.29, 0.717) is 26.3 Å². The first-order chi connectivity index (χ1) is 11.1. The number of phenols is 1. The third-order valence-electron chi connectivity index (χ3n) is 3.32. The predicted octanol–water partition coefficient (Wildman–Crippen LogP) is 5.95. The molecule has 23 heavy (non-hydrogen) atoms. The Morgan fingerprint density at radius 1 is 0.957 bits per heavy atom. The summed E-state index contributed by atoms with van der Waals surface area (Å²) < 4.78 is 0. The molecule has 0 atom stereocenters. The van der Waals surface area contributed by atoms with Crippen LogP contribution in [0.25, 0.3) is 10.8 Å². The van der Waals surface area contributed by atoms with Crippen molar-refractivity contribution in [2.45, 2.75) is 0 Å². The van der Waals surface area contributed by atoms with Crippen LogP contribution in [0.4, 0.5) is 5.69 Å². The van der Waals surface area contributed by atoms with Crippen LogP contribution in [-0.2, 0) is 0 Å².